The van der Waals surface area contributed by atoms with Gasteiger partial charge in [0.05, 0.1) is 10.8 Å². The largest absolute Gasteiger partial charge is 0.135 e. The van der Waals surface area contributed by atoms with Crippen LogP contribution in [0.3, 0.4) is 0 Å². The molecule has 0 spiro atoms. The Balaban J connectivity index is 1.59. The summed E-state index contributed by atoms with van der Waals surface area (Å²) in [6.45, 7) is 0. The van der Waals surface area contributed by atoms with Crippen LogP contribution in [0.4, 0.5) is 0 Å². The molecular formula is C38H20S2. The van der Waals surface area contributed by atoms with E-state index in [2.05, 4.69) is 121 Å². The second-order valence-corrected chi connectivity index (χ2v) is 13.7. The Labute approximate surface area is 238 Å². The van der Waals surface area contributed by atoms with Crippen LogP contribution in [0.2, 0.25) is 0 Å². The van der Waals surface area contributed by atoms with Crippen molar-refractivity contribution in [3.8, 4) is 11.1 Å². The molecular weight excluding hydrogens is 521 g/mol. The second kappa shape index (κ2) is 6.55. The van der Waals surface area contributed by atoms with Gasteiger partial charge in [-0.25, -0.2) is 0 Å². The fourth-order valence-corrected chi connectivity index (χ4v) is 11.5. The number of benzene rings is 6. The minimum atomic E-state index is -0.401. The summed E-state index contributed by atoms with van der Waals surface area (Å²) in [6, 6.07) is 47.0. The Morgan fingerprint density at radius 3 is 0.950 bits per heavy atom. The molecule has 3 aliphatic rings. The standard InChI is InChI=1S/C38H20S2/c1-3-11-23-21(9-1)22-10-2-4-12-24(22)38-27-15-7-19-31-35(27)33-25(13-5-17-29(33)39-31)37(23,38)26-14-6-18-30-34(26)36-28(38)16-8-20-32(36)40-30/h1-20H. The van der Waals surface area contributed by atoms with Crippen LogP contribution in [0.15, 0.2) is 121 Å². The molecule has 0 atom stereocenters. The molecule has 0 nitrogen and oxygen atoms in total. The summed E-state index contributed by atoms with van der Waals surface area (Å²) in [6.07, 6.45) is 0. The van der Waals surface area contributed by atoms with Crippen LogP contribution >= 0.6 is 22.7 Å². The first kappa shape index (κ1) is 20.6. The summed E-state index contributed by atoms with van der Waals surface area (Å²) in [4.78, 5) is 0. The van der Waals surface area contributed by atoms with Gasteiger partial charge in [0, 0.05) is 40.3 Å². The lowest BCUT2D eigenvalue weighted by Gasteiger charge is -2.60. The third-order valence-corrected chi connectivity index (χ3v) is 12.4. The highest BCUT2D eigenvalue weighted by Crippen LogP contribution is 2.73. The molecule has 0 bridgehead atoms. The third-order valence-electron chi connectivity index (χ3n) is 10.2. The first-order valence-corrected chi connectivity index (χ1v) is 15.6. The van der Waals surface area contributed by atoms with Crippen LogP contribution in [-0.2, 0) is 10.8 Å². The van der Waals surface area contributed by atoms with Gasteiger partial charge in [-0.05, 0) is 68.8 Å². The van der Waals surface area contributed by atoms with Gasteiger partial charge in [0.1, 0.15) is 0 Å². The van der Waals surface area contributed by atoms with Gasteiger partial charge in [0.2, 0.25) is 0 Å². The first-order valence-electron chi connectivity index (χ1n) is 13.9. The van der Waals surface area contributed by atoms with Gasteiger partial charge in [0.15, 0.2) is 0 Å². The van der Waals surface area contributed by atoms with Crippen molar-refractivity contribution < 1.29 is 0 Å². The first-order chi connectivity index (χ1) is 19.8. The normalized spacial score (nSPS) is 21.2. The number of thiophene rings is 2. The molecule has 40 heavy (non-hydrogen) atoms. The number of hydrogen-bond donors (Lipinski definition) is 0. The van der Waals surface area contributed by atoms with Crippen molar-refractivity contribution in [2.75, 3.05) is 0 Å². The SMILES string of the molecule is c1ccc2c(c1)-c1ccccc1C13c4cccc5sc6cccc(c6c45)C21c1cccc2sc4cccc3c4c12. The summed E-state index contributed by atoms with van der Waals surface area (Å²) in [5, 5.41) is 5.80. The second-order valence-electron chi connectivity index (χ2n) is 11.5. The van der Waals surface area contributed by atoms with E-state index in [1.54, 1.807) is 0 Å². The van der Waals surface area contributed by atoms with Gasteiger partial charge >= 0.3 is 0 Å². The maximum absolute atomic E-state index is 2.46. The molecule has 0 N–H and O–H groups in total. The molecule has 0 fully saturated rings. The molecule has 11 rings (SSSR count). The van der Waals surface area contributed by atoms with E-state index in [0.29, 0.717) is 0 Å². The van der Waals surface area contributed by atoms with E-state index in [1.165, 1.54) is 84.9 Å². The molecule has 2 aromatic heterocycles. The van der Waals surface area contributed by atoms with Crippen molar-refractivity contribution in [2.24, 2.45) is 0 Å². The van der Waals surface area contributed by atoms with Crippen LogP contribution in [0, 0.1) is 0 Å². The zero-order valence-corrected chi connectivity index (χ0v) is 23.0. The molecule has 0 amide bonds. The Kier molecular flexibility index (Phi) is 3.38. The maximum Gasteiger partial charge on any atom is 0.0648 e. The van der Waals surface area contributed by atoms with Gasteiger partial charge in [-0.3, -0.25) is 0 Å². The van der Waals surface area contributed by atoms with E-state index in [-0.39, 0.29) is 0 Å². The Morgan fingerprint density at radius 1 is 0.300 bits per heavy atom. The Morgan fingerprint density at radius 2 is 0.600 bits per heavy atom. The quantitative estimate of drug-likeness (QED) is 0.179. The lowest BCUT2D eigenvalue weighted by Crippen LogP contribution is -2.57. The highest BCUT2D eigenvalue weighted by molar-refractivity contribution is 7.26. The number of rotatable bonds is 0. The van der Waals surface area contributed by atoms with Gasteiger partial charge in [0.25, 0.3) is 0 Å². The molecule has 0 aliphatic heterocycles. The zero-order valence-electron chi connectivity index (χ0n) is 21.4. The van der Waals surface area contributed by atoms with E-state index < -0.39 is 10.8 Å². The number of fused-ring (bicyclic) bond motifs is 3. The van der Waals surface area contributed by atoms with Crippen LogP contribution in [0.1, 0.15) is 33.4 Å². The topological polar surface area (TPSA) is 0 Å². The third kappa shape index (κ3) is 1.88. The van der Waals surface area contributed by atoms with Gasteiger partial charge in [-0.15, -0.1) is 22.7 Å². The molecule has 184 valence electrons. The molecule has 0 saturated heterocycles. The summed E-state index contributed by atoms with van der Waals surface area (Å²) in [5.74, 6) is 0. The Hall–Kier alpha value is -4.24. The summed E-state index contributed by atoms with van der Waals surface area (Å²) in [7, 11) is 0. The highest BCUT2D eigenvalue weighted by Gasteiger charge is 2.66. The molecule has 0 radical (unpaired) electrons. The predicted molar refractivity (Wildman–Crippen MR) is 170 cm³/mol. The summed E-state index contributed by atoms with van der Waals surface area (Å²) >= 11 is 3.90. The van der Waals surface area contributed by atoms with Crippen molar-refractivity contribution in [2.45, 2.75) is 10.8 Å². The fraction of sp³-hybridized carbons (Fsp3) is 0.0526. The maximum atomic E-state index is 2.46. The van der Waals surface area contributed by atoms with Gasteiger partial charge in [-0.2, -0.15) is 0 Å². The minimum absolute atomic E-state index is 0.401. The summed E-state index contributed by atoms with van der Waals surface area (Å²) < 4.78 is 5.56. The monoisotopic (exact) mass is 540 g/mol. The molecule has 0 unspecified atom stereocenters. The smallest absolute Gasteiger partial charge is 0.0648 e. The average molecular weight is 541 g/mol. The van der Waals surface area contributed by atoms with E-state index in [9.17, 15) is 0 Å². The van der Waals surface area contributed by atoms with Crippen molar-refractivity contribution >= 4 is 63.0 Å². The van der Waals surface area contributed by atoms with Crippen molar-refractivity contribution in [3.05, 3.63) is 155 Å². The minimum Gasteiger partial charge on any atom is -0.135 e. The Bertz CT molecular complexity index is 2160. The van der Waals surface area contributed by atoms with Gasteiger partial charge in [-0.1, -0.05) is 97.1 Å². The van der Waals surface area contributed by atoms with Crippen molar-refractivity contribution in [1.82, 2.24) is 0 Å². The van der Waals surface area contributed by atoms with E-state index in [0.717, 1.165) is 0 Å². The predicted octanol–water partition coefficient (Wildman–Crippen LogP) is 10.4. The molecule has 3 aliphatic carbocycles. The van der Waals surface area contributed by atoms with Gasteiger partial charge < -0.3 is 0 Å². The van der Waals surface area contributed by atoms with Crippen LogP contribution in [0.5, 0.6) is 0 Å². The van der Waals surface area contributed by atoms with Crippen molar-refractivity contribution in [1.29, 1.82) is 0 Å². The highest BCUT2D eigenvalue weighted by atomic mass is 32.1. The molecule has 2 heterocycles. The van der Waals surface area contributed by atoms with E-state index >= 15 is 0 Å². The van der Waals surface area contributed by atoms with Crippen molar-refractivity contribution in [3.63, 3.8) is 0 Å². The lowest BCUT2D eigenvalue weighted by molar-refractivity contribution is 0.419. The molecule has 8 aromatic rings. The van der Waals surface area contributed by atoms with Crippen LogP contribution < -0.4 is 0 Å². The van der Waals surface area contributed by atoms with E-state index in [4.69, 9.17) is 0 Å². The van der Waals surface area contributed by atoms with Crippen LogP contribution in [-0.4, -0.2) is 0 Å². The van der Waals surface area contributed by atoms with E-state index in [1.807, 2.05) is 22.7 Å². The molecule has 2 heteroatoms. The average Bonchev–Trinajstić information content (AvgIpc) is 3.59. The van der Waals surface area contributed by atoms with Crippen LogP contribution in [0.25, 0.3) is 51.5 Å². The zero-order chi connectivity index (χ0) is 25.8. The fourth-order valence-electron chi connectivity index (χ4n) is 9.16. The number of hydrogen-bond acceptors (Lipinski definition) is 2. The molecule has 0 saturated carbocycles. The lowest BCUT2D eigenvalue weighted by atomic mass is 9.40. The summed E-state index contributed by atoms with van der Waals surface area (Å²) in [5.41, 5.74) is 10.6. The molecule has 6 aromatic carbocycles.